The minimum Gasteiger partial charge on any atom is -0.320 e. The lowest BCUT2D eigenvalue weighted by Crippen LogP contribution is -2.30. The van der Waals surface area contributed by atoms with Crippen LogP contribution in [0.2, 0.25) is 0 Å². The maximum absolute atomic E-state index is 10.2. The van der Waals surface area contributed by atoms with E-state index in [1.165, 1.54) is 6.07 Å². The maximum atomic E-state index is 10.2. The molecule has 2 N–H and O–H groups in total. The Bertz CT molecular complexity index is 128. The molecule has 0 aliphatic heterocycles. The molecule has 0 aliphatic rings. The van der Waals surface area contributed by atoms with E-state index >= 15 is 0 Å². The number of thiol groups is 1. The average molecular weight is 130 g/mol. The van der Waals surface area contributed by atoms with E-state index in [1.54, 1.807) is 0 Å². The van der Waals surface area contributed by atoms with Gasteiger partial charge in [0, 0.05) is 5.75 Å². The van der Waals surface area contributed by atoms with Crippen LogP contribution in [-0.2, 0) is 4.79 Å². The summed E-state index contributed by atoms with van der Waals surface area (Å²) in [4.78, 5) is 10.2. The summed E-state index contributed by atoms with van der Waals surface area (Å²) in [6.45, 7) is 0. The predicted octanol–water partition coefficient (Wildman–Crippen LogP) is -0.664. The van der Waals surface area contributed by atoms with Gasteiger partial charge in [0.15, 0.2) is 0 Å². The molecular formula is C4H6N2OS. The van der Waals surface area contributed by atoms with Gasteiger partial charge in [0.1, 0.15) is 6.07 Å². The quantitative estimate of drug-likeness (QED) is 0.385. The summed E-state index contributed by atoms with van der Waals surface area (Å²) in [6.07, 6.45) is 0. The minimum atomic E-state index is -0.719. The monoisotopic (exact) mass is 130 g/mol. The molecule has 0 heterocycles. The fourth-order valence-corrected chi connectivity index (χ4v) is 0.332. The summed E-state index contributed by atoms with van der Waals surface area (Å²) in [5, 5.41) is 7.92. The van der Waals surface area contributed by atoms with Crippen LogP contribution >= 0.6 is 12.6 Å². The molecule has 44 valence electrons. The predicted molar refractivity (Wildman–Crippen MR) is 32.4 cm³/mol. The number of hydrogen-bond donors (Lipinski definition) is 2. The molecule has 0 saturated carbocycles. The molecule has 0 aromatic heterocycles. The molecule has 0 radical (unpaired) electrons. The normalized spacial score (nSPS) is 12.1. The van der Waals surface area contributed by atoms with Crippen molar-refractivity contribution in [1.82, 2.24) is 0 Å². The van der Waals surface area contributed by atoms with E-state index in [4.69, 9.17) is 11.0 Å². The van der Waals surface area contributed by atoms with Gasteiger partial charge in [-0.05, 0) is 0 Å². The van der Waals surface area contributed by atoms with Crippen molar-refractivity contribution in [3.05, 3.63) is 0 Å². The third kappa shape index (κ3) is 1.96. The molecule has 0 amide bonds. The van der Waals surface area contributed by atoms with Crippen LogP contribution in [0.3, 0.4) is 0 Å². The van der Waals surface area contributed by atoms with Crippen LogP contribution in [0, 0.1) is 11.3 Å². The van der Waals surface area contributed by atoms with Gasteiger partial charge in [0.05, 0.1) is 6.04 Å². The van der Waals surface area contributed by atoms with Crippen LogP contribution < -0.4 is 5.73 Å². The van der Waals surface area contributed by atoms with Crippen LogP contribution in [0.5, 0.6) is 0 Å². The van der Waals surface area contributed by atoms with Crippen LogP contribution in [0.4, 0.5) is 0 Å². The highest BCUT2D eigenvalue weighted by molar-refractivity contribution is 7.80. The van der Waals surface area contributed by atoms with Gasteiger partial charge >= 0.3 is 0 Å². The zero-order chi connectivity index (χ0) is 6.57. The summed E-state index contributed by atoms with van der Waals surface area (Å²) in [5.74, 6) is -0.383. The van der Waals surface area contributed by atoms with E-state index in [0.717, 1.165) is 0 Å². The van der Waals surface area contributed by atoms with Gasteiger partial charge < -0.3 is 5.73 Å². The Morgan fingerprint density at radius 2 is 2.50 bits per heavy atom. The number of Topliss-reactive ketones (excluding diaryl/α,β-unsaturated/α-hetero) is 1. The third-order valence-electron chi connectivity index (χ3n) is 0.644. The Morgan fingerprint density at radius 3 is 2.62 bits per heavy atom. The van der Waals surface area contributed by atoms with E-state index in [0.29, 0.717) is 0 Å². The number of carbonyl (C=O) groups is 1. The van der Waals surface area contributed by atoms with Gasteiger partial charge in [-0.15, -0.1) is 0 Å². The first-order valence-electron chi connectivity index (χ1n) is 2.02. The zero-order valence-corrected chi connectivity index (χ0v) is 5.06. The first kappa shape index (κ1) is 7.47. The number of ketones is 1. The van der Waals surface area contributed by atoms with E-state index in [9.17, 15) is 4.79 Å². The number of nitrogens with two attached hydrogens (primary N) is 1. The summed E-state index contributed by atoms with van der Waals surface area (Å²) in [5.41, 5.74) is 5.08. The van der Waals surface area contributed by atoms with Crippen LogP contribution in [0.1, 0.15) is 0 Å². The molecular weight excluding hydrogens is 124 g/mol. The molecule has 3 nitrogen and oxygen atoms in total. The molecule has 0 saturated heterocycles. The summed E-state index contributed by atoms with van der Waals surface area (Å²) in [7, 11) is 0. The molecule has 0 rings (SSSR count). The van der Waals surface area contributed by atoms with Crippen molar-refractivity contribution >= 4 is 18.4 Å². The van der Waals surface area contributed by atoms with Gasteiger partial charge in [-0.2, -0.15) is 17.9 Å². The Balaban J connectivity index is 3.68. The Morgan fingerprint density at radius 1 is 2.00 bits per heavy atom. The summed E-state index contributed by atoms with van der Waals surface area (Å²) < 4.78 is 0. The van der Waals surface area contributed by atoms with Gasteiger partial charge in [0.2, 0.25) is 5.78 Å². The van der Waals surface area contributed by atoms with E-state index in [2.05, 4.69) is 12.6 Å². The second-order valence-electron chi connectivity index (χ2n) is 1.27. The van der Waals surface area contributed by atoms with Crippen LogP contribution in [-0.4, -0.2) is 17.6 Å². The minimum absolute atomic E-state index is 0.229. The Hall–Kier alpha value is -0.530. The smallest absolute Gasteiger partial charge is 0.249 e. The topological polar surface area (TPSA) is 66.9 Å². The second kappa shape index (κ2) is 3.47. The third-order valence-corrected chi connectivity index (χ3v) is 1.04. The molecule has 0 aromatic rings. The van der Waals surface area contributed by atoms with Gasteiger partial charge in [-0.1, -0.05) is 0 Å². The number of nitrogens with zero attached hydrogens (tertiary/aromatic N) is 1. The van der Waals surface area contributed by atoms with Crippen LogP contribution in [0.25, 0.3) is 0 Å². The summed E-state index contributed by atoms with van der Waals surface area (Å²) in [6, 6.07) is 0.684. The lowest BCUT2D eigenvalue weighted by molar-refractivity contribution is -0.114. The van der Waals surface area contributed by atoms with E-state index in [-0.39, 0.29) is 5.75 Å². The number of rotatable bonds is 2. The van der Waals surface area contributed by atoms with Crippen molar-refractivity contribution < 1.29 is 4.79 Å². The fourth-order valence-electron chi connectivity index (χ4n) is 0.166. The first-order valence-corrected chi connectivity index (χ1v) is 2.66. The fraction of sp³-hybridized carbons (Fsp3) is 0.500. The van der Waals surface area contributed by atoms with Crippen LogP contribution in [0.15, 0.2) is 0 Å². The van der Waals surface area contributed by atoms with Gasteiger partial charge in [-0.3, -0.25) is 4.79 Å². The lowest BCUT2D eigenvalue weighted by Gasteiger charge is -1.96. The molecule has 1 atom stereocenters. The average Bonchev–Trinajstić information content (AvgIpc) is 1.84. The number of hydrogen-bond acceptors (Lipinski definition) is 4. The Labute approximate surface area is 52.9 Å². The standard InChI is InChI=1S/C4H6N2OS/c5-1-4(7)3(6)2-8/h3,8H,2,6H2/t3-/m0/s1. The van der Waals surface area contributed by atoms with Crippen molar-refractivity contribution in [2.75, 3.05) is 5.75 Å². The zero-order valence-electron chi connectivity index (χ0n) is 4.16. The molecule has 0 unspecified atom stereocenters. The molecule has 4 heteroatoms. The van der Waals surface area contributed by atoms with Crippen molar-refractivity contribution in [3.63, 3.8) is 0 Å². The van der Waals surface area contributed by atoms with E-state index < -0.39 is 11.8 Å². The van der Waals surface area contributed by atoms with Crippen molar-refractivity contribution in [3.8, 4) is 6.07 Å². The van der Waals surface area contributed by atoms with Crippen molar-refractivity contribution in [2.45, 2.75) is 6.04 Å². The Kier molecular flexibility index (Phi) is 3.24. The molecule has 0 fully saturated rings. The lowest BCUT2D eigenvalue weighted by atomic mass is 10.2. The molecule has 8 heavy (non-hydrogen) atoms. The first-order chi connectivity index (χ1) is 3.72. The highest BCUT2D eigenvalue weighted by Crippen LogP contribution is 1.82. The van der Waals surface area contributed by atoms with E-state index in [1.807, 2.05) is 0 Å². The highest BCUT2D eigenvalue weighted by atomic mass is 32.1. The van der Waals surface area contributed by atoms with Crippen molar-refractivity contribution in [1.29, 1.82) is 5.26 Å². The largest absolute Gasteiger partial charge is 0.320 e. The van der Waals surface area contributed by atoms with Crippen molar-refractivity contribution in [2.24, 2.45) is 5.73 Å². The number of nitriles is 1. The summed E-state index contributed by atoms with van der Waals surface area (Å²) >= 11 is 3.71. The highest BCUT2D eigenvalue weighted by Gasteiger charge is 2.08. The van der Waals surface area contributed by atoms with Gasteiger partial charge in [-0.25, -0.2) is 0 Å². The maximum Gasteiger partial charge on any atom is 0.249 e. The molecule has 0 bridgehead atoms. The van der Waals surface area contributed by atoms with Gasteiger partial charge in [0.25, 0.3) is 0 Å². The SMILES string of the molecule is N#CC(=O)[C@@H](N)CS. The molecule has 0 aliphatic carbocycles. The second-order valence-corrected chi connectivity index (χ2v) is 1.63. The number of carbonyl (C=O) groups excluding carboxylic acids is 1. The molecule has 0 aromatic carbocycles. The molecule has 0 spiro atoms.